The highest BCUT2D eigenvalue weighted by Gasteiger charge is 2.12. The molecule has 94 valence electrons. The summed E-state index contributed by atoms with van der Waals surface area (Å²) in [6, 6.07) is 5.09. The highest BCUT2D eigenvalue weighted by molar-refractivity contribution is 5.92. The average molecular weight is 236 g/mol. The Morgan fingerprint density at radius 2 is 2.00 bits per heavy atom. The van der Waals surface area contributed by atoms with Gasteiger partial charge in [-0.15, -0.1) is 0 Å². The molecule has 1 aromatic heterocycles. The first-order valence-corrected chi connectivity index (χ1v) is 5.63. The summed E-state index contributed by atoms with van der Waals surface area (Å²) in [6.45, 7) is 1.68. The van der Waals surface area contributed by atoms with E-state index in [1.165, 1.54) is 0 Å². The number of pyridine rings is 1. The van der Waals surface area contributed by atoms with E-state index in [4.69, 9.17) is 5.73 Å². The molecule has 0 saturated heterocycles. The number of aromatic nitrogens is 1. The minimum absolute atomic E-state index is 0.0870. The Kier molecular flexibility index (Phi) is 4.90. The van der Waals surface area contributed by atoms with Crippen LogP contribution in [0.25, 0.3) is 0 Å². The summed E-state index contributed by atoms with van der Waals surface area (Å²) < 4.78 is 0. The second-order valence-corrected chi connectivity index (χ2v) is 4.33. The van der Waals surface area contributed by atoms with Crippen LogP contribution >= 0.6 is 0 Å². The van der Waals surface area contributed by atoms with Crippen molar-refractivity contribution in [3.8, 4) is 0 Å². The number of anilines is 1. The molecule has 5 nitrogen and oxygen atoms in total. The number of nitrogens with zero attached hydrogens (tertiary/aromatic N) is 3. The minimum Gasteiger partial charge on any atom is -0.384 e. The molecule has 0 aromatic carbocycles. The van der Waals surface area contributed by atoms with E-state index < -0.39 is 0 Å². The highest BCUT2D eigenvalue weighted by atomic mass is 16.2. The fraction of sp³-hybridized carbons (Fsp3) is 0.500. The molecule has 0 radical (unpaired) electrons. The van der Waals surface area contributed by atoms with Crippen LogP contribution in [0.1, 0.15) is 16.9 Å². The number of hydrogen-bond donors (Lipinski definition) is 1. The second-order valence-electron chi connectivity index (χ2n) is 4.33. The van der Waals surface area contributed by atoms with Gasteiger partial charge < -0.3 is 15.5 Å². The molecule has 17 heavy (non-hydrogen) atoms. The number of nitrogens with two attached hydrogens (primary N) is 1. The lowest BCUT2D eigenvalue weighted by molar-refractivity contribution is 0.0785. The zero-order chi connectivity index (χ0) is 12.8. The largest absolute Gasteiger partial charge is 0.384 e. The van der Waals surface area contributed by atoms with Crippen LogP contribution in [0.5, 0.6) is 0 Å². The summed E-state index contributed by atoms with van der Waals surface area (Å²) in [5, 5.41) is 0. The van der Waals surface area contributed by atoms with E-state index in [1.54, 1.807) is 30.1 Å². The number of nitrogen functional groups attached to an aromatic ring is 1. The van der Waals surface area contributed by atoms with Crippen LogP contribution < -0.4 is 5.73 Å². The van der Waals surface area contributed by atoms with Gasteiger partial charge in [-0.05, 0) is 39.2 Å². The lowest BCUT2D eigenvalue weighted by Crippen LogP contribution is -2.30. The van der Waals surface area contributed by atoms with Gasteiger partial charge >= 0.3 is 0 Å². The van der Waals surface area contributed by atoms with E-state index in [1.807, 2.05) is 14.1 Å². The average Bonchev–Trinajstić information content (AvgIpc) is 2.27. The number of hydrogen-bond acceptors (Lipinski definition) is 4. The van der Waals surface area contributed by atoms with E-state index in [0.717, 1.165) is 13.0 Å². The standard InChI is InChI=1S/C12H20N4O/c1-15(2)8-5-9-16(3)12(17)10-6-4-7-11(13)14-10/h4,6-7H,5,8-9H2,1-3H3,(H2,13,14). The molecule has 0 aliphatic heterocycles. The molecule has 1 aromatic rings. The summed E-state index contributed by atoms with van der Waals surface area (Å²) in [5.41, 5.74) is 5.95. The predicted octanol–water partition coefficient (Wildman–Crippen LogP) is 0.687. The maximum absolute atomic E-state index is 12.0. The SMILES string of the molecule is CN(C)CCCN(C)C(=O)c1cccc(N)n1. The van der Waals surface area contributed by atoms with Crippen LogP contribution in [0.3, 0.4) is 0 Å². The van der Waals surface area contributed by atoms with Gasteiger partial charge in [0.05, 0.1) is 0 Å². The van der Waals surface area contributed by atoms with Gasteiger partial charge in [0.15, 0.2) is 0 Å². The molecular weight excluding hydrogens is 216 g/mol. The third-order valence-electron chi connectivity index (χ3n) is 2.44. The first-order valence-electron chi connectivity index (χ1n) is 5.63. The summed E-state index contributed by atoms with van der Waals surface area (Å²) in [4.78, 5) is 19.7. The molecule has 0 spiro atoms. The molecule has 0 saturated carbocycles. The third kappa shape index (κ3) is 4.40. The fourth-order valence-corrected chi connectivity index (χ4v) is 1.49. The van der Waals surface area contributed by atoms with Crippen molar-refractivity contribution < 1.29 is 4.79 Å². The van der Waals surface area contributed by atoms with Crippen LogP contribution in [-0.4, -0.2) is 54.9 Å². The molecule has 1 heterocycles. The van der Waals surface area contributed by atoms with Gasteiger partial charge in [0.25, 0.3) is 5.91 Å². The summed E-state index contributed by atoms with van der Waals surface area (Å²) in [7, 11) is 5.81. The Labute approximate surface area is 102 Å². The second kappa shape index (κ2) is 6.20. The first-order chi connectivity index (χ1) is 8.00. The summed E-state index contributed by atoms with van der Waals surface area (Å²) in [6.07, 6.45) is 0.942. The number of carbonyl (C=O) groups excluding carboxylic acids is 1. The van der Waals surface area contributed by atoms with Crippen LogP contribution in [0.15, 0.2) is 18.2 Å². The van der Waals surface area contributed by atoms with Crippen LogP contribution in [-0.2, 0) is 0 Å². The van der Waals surface area contributed by atoms with Crippen molar-refractivity contribution in [2.45, 2.75) is 6.42 Å². The van der Waals surface area contributed by atoms with Crippen LogP contribution in [0.4, 0.5) is 5.82 Å². The zero-order valence-corrected chi connectivity index (χ0v) is 10.7. The van der Waals surface area contributed by atoms with E-state index in [2.05, 4.69) is 9.88 Å². The molecule has 5 heteroatoms. The van der Waals surface area contributed by atoms with Crippen molar-refractivity contribution in [2.75, 3.05) is 40.0 Å². The van der Waals surface area contributed by atoms with Gasteiger partial charge in [0, 0.05) is 13.6 Å². The summed E-state index contributed by atoms with van der Waals surface area (Å²) in [5.74, 6) is 0.286. The lowest BCUT2D eigenvalue weighted by Gasteiger charge is -2.18. The van der Waals surface area contributed by atoms with Gasteiger partial charge in [-0.3, -0.25) is 4.79 Å². The quantitative estimate of drug-likeness (QED) is 0.817. The molecule has 0 unspecified atom stereocenters. The van der Waals surface area contributed by atoms with Crippen molar-refractivity contribution in [2.24, 2.45) is 0 Å². The van der Waals surface area contributed by atoms with Crippen molar-refractivity contribution >= 4 is 11.7 Å². The molecule has 2 N–H and O–H groups in total. The third-order valence-corrected chi connectivity index (χ3v) is 2.44. The van der Waals surface area contributed by atoms with E-state index >= 15 is 0 Å². The number of rotatable bonds is 5. The van der Waals surface area contributed by atoms with Gasteiger partial charge in [-0.25, -0.2) is 4.98 Å². The smallest absolute Gasteiger partial charge is 0.272 e. The zero-order valence-electron chi connectivity index (χ0n) is 10.7. The Hall–Kier alpha value is -1.62. The van der Waals surface area contributed by atoms with Gasteiger partial charge in [-0.2, -0.15) is 0 Å². The van der Waals surface area contributed by atoms with E-state index in [9.17, 15) is 4.79 Å². The lowest BCUT2D eigenvalue weighted by atomic mass is 10.3. The Morgan fingerprint density at radius 1 is 1.29 bits per heavy atom. The first kappa shape index (κ1) is 13.4. The van der Waals surface area contributed by atoms with Crippen molar-refractivity contribution in [3.63, 3.8) is 0 Å². The summed E-state index contributed by atoms with van der Waals surface area (Å²) >= 11 is 0. The van der Waals surface area contributed by atoms with Crippen molar-refractivity contribution in [3.05, 3.63) is 23.9 Å². The maximum Gasteiger partial charge on any atom is 0.272 e. The fourth-order valence-electron chi connectivity index (χ4n) is 1.49. The number of carbonyl (C=O) groups is 1. The highest BCUT2D eigenvalue weighted by Crippen LogP contribution is 2.04. The molecule has 1 rings (SSSR count). The molecule has 0 atom stereocenters. The van der Waals surface area contributed by atoms with Crippen LogP contribution in [0, 0.1) is 0 Å². The molecule has 0 bridgehead atoms. The van der Waals surface area contributed by atoms with Crippen molar-refractivity contribution in [1.82, 2.24) is 14.8 Å². The normalized spacial score (nSPS) is 10.6. The Bertz CT molecular complexity index is 379. The molecule has 0 fully saturated rings. The molecule has 1 amide bonds. The van der Waals surface area contributed by atoms with E-state index in [-0.39, 0.29) is 5.91 Å². The van der Waals surface area contributed by atoms with E-state index in [0.29, 0.717) is 18.1 Å². The Morgan fingerprint density at radius 3 is 2.59 bits per heavy atom. The molecule has 0 aliphatic carbocycles. The maximum atomic E-state index is 12.0. The van der Waals surface area contributed by atoms with Gasteiger partial charge in [0.2, 0.25) is 0 Å². The Balaban J connectivity index is 2.52. The van der Waals surface area contributed by atoms with Gasteiger partial charge in [0.1, 0.15) is 11.5 Å². The minimum atomic E-state index is -0.0870. The molecule has 0 aliphatic rings. The monoisotopic (exact) mass is 236 g/mol. The van der Waals surface area contributed by atoms with Crippen LogP contribution in [0.2, 0.25) is 0 Å². The van der Waals surface area contributed by atoms with Crippen molar-refractivity contribution in [1.29, 1.82) is 0 Å². The topological polar surface area (TPSA) is 62.5 Å². The predicted molar refractivity (Wildman–Crippen MR) is 68.8 cm³/mol. The van der Waals surface area contributed by atoms with Gasteiger partial charge in [-0.1, -0.05) is 6.07 Å². The number of amides is 1. The molecular formula is C12H20N4O.